The summed E-state index contributed by atoms with van der Waals surface area (Å²) in [5.74, 6) is -0.372. The van der Waals surface area contributed by atoms with Crippen LogP contribution in [-0.2, 0) is 4.74 Å². The van der Waals surface area contributed by atoms with E-state index in [1.54, 1.807) is 11.8 Å². The van der Waals surface area contributed by atoms with Crippen molar-refractivity contribution < 1.29 is 20.1 Å². The van der Waals surface area contributed by atoms with Crippen molar-refractivity contribution in [3.05, 3.63) is 0 Å². The Kier molecular flexibility index (Phi) is 3.29. The van der Waals surface area contributed by atoms with Crippen LogP contribution in [0, 0.1) is 5.92 Å². The third-order valence-electron chi connectivity index (χ3n) is 3.54. The molecular formula is C11H20N2O4. The Hall–Kier alpha value is -0.850. The monoisotopic (exact) mass is 244 g/mol. The predicted octanol–water partition coefficient (Wildman–Crippen LogP) is -1.21. The highest BCUT2D eigenvalue weighted by atomic mass is 16.5. The van der Waals surface area contributed by atoms with Gasteiger partial charge in [-0.3, -0.25) is 0 Å². The van der Waals surface area contributed by atoms with Crippen molar-refractivity contribution in [3.63, 3.8) is 0 Å². The van der Waals surface area contributed by atoms with E-state index in [0.717, 1.165) is 0 Å². The fourth-order valence-electron chi connectivity index (χ4n) is 2.50. The van der Waals surface area contributed by atoms with Gasteiger partial charge in [-0.05, 0) is 13.3 Å². The number of rotatable bonds is 1. The maximum Gasteiger partial charge on any atom is 0.287 e. The van der Waals surface area contributed by atoms with Crippen molar-refractivity contribution in [3.8, 4) is 0 Å². The molecule has 1 heterocycles. The average molecular weight is 244 g/mol. The van der Waals surface area contributed by atoms with Crippen LogP contribution in [0.2, 0.25) is 0 Å². The quantitative estimate of drug-likeness (QED) is 0.539. The summed E-state index contributed by atoms with van der Waals surface area (Å²) in [6, 6.07) is 0.0369. The molecule has 0 bridgehead atoms. The van der Waals surface area contributed by atoms with Crippen molar-refractivity contribution in [2.24, 2.45) is 10.9 Å². The molecule has 6 heteroatoms. The number of aliphatic hydroxyl groups excluding tert-OH is 3. The van der Waals surface area contributed by atoms with Gasteiger partial charge in [0.05, 0.1) is 12.2 Å². The molecular weight excluding hydrogens is 224 g/mol. The summed E-state index contributed by atoms with van der Waals surface area (Å²) in [6.45, 7) is 1.61. The molecule has 1 unspecified atom stereocenters. The fourth-order valence-corrected chi connectivity index (χ4v) is 2.50. The first-order valence-electron chi connectivity index (χ1n) is 5.87. The number of hydrogen-bond acceptors (Lipinski definition) is 6. The van der Waals surface area contributed by atoms with Gasteiger partial charge in [-0.15, -0.1) is 0 Å². The maximum absolute atomic E-state index is 10.0. The van der Waals surface area contributed by atoms with Gasteiger partial charge in [-0.1, -0.05) is 0 Å². The van der Waals surface area contributed by atoms with Crippen LogP contribution in [0.1, 0.15) is 13.3 Å². The zero-order valence-electron chi connectivity index (χ0n) is 10.3. The maximum atomic E-state index is 10.0. The van der Waals surface area contributed by atoms with Gasteiger partial charge in [0.15, 0.2) is 0 Å². The predicted molar refractivity (Wildman–Crippen MR) is 61.6 cm³/mol. The molecule has 1 aliphatic heterocycles. The molecule has 0 aromatic rings. The van der Waals surface area contributed by atoms with Gasteiger partial charge >= 0.3 is 0 Å². The topological polar surface area (TPSA) is 85.5 Å². The zero-order chi connectivity index (χ0) is 12.7. The van der Waals surface area contributed by atoms with Crippen LogP contribution < -0.4 is 0 Å². The summed E-state index contributed by atoms with van der Waals surface area (Å²) in [7, 11) is 3.62. The van der Waals surface area contributed by atoms with Gasteiger partial charge in [0.25, 0.3) is 6.02 Å². The summed E-state index contributed by atoms with van der Waals surface area (Å²) in [6.07, 6.45) is -2.37. The molecule has 2 aliphatic rings. The fraction of sp³-hybridized carbons (Fsp3) is 0.909. The lowest BCUT2D eigenvalue weighted by Gasteiger charge is -2.38. The van der Waals surface area contributed by atoms with Crippen LogP contribution in [0.5, 0.6) is 0 Å². The summed E-state index contributed by atoms with van der Waals surface area (Å²) < 4.78 is 5.62. The van der Waals surface area contributed by atoms with Crippen molar-refractivity contribution in [1.29, 1.82) is 0 Å². The molecule has 1 aliphatic carbocycles. The summed E-state index contributed by atoms with van der Waals surface area (Å²) >= 11 is 0. The Labute approximate surface area is 101 Å². The molecule has 6 nitrogen and oxygen atoms in total. The van der Waals surface area contributed by atoms with Crippen molar-refractivity contribution >= 4 is 6.02 Å². The second-order valence-corrected chi connectivity index (χ2v) is 5.07. The van der Waals surface area contributed by atoms with Gasteiger partial charge in [0.2, 0.25) is 0 Å². The van der Waals surface area contributed by atoms with Crippen molar-refractivity contribution in [2.45, 2.75) is 43.8 Å². The normalized spacial score (nSPS) is 42.5. The van der Waals surface area contributed by atoms with Crippen LogP contribution in [-0.4, -0.2) is 70.8 Å². The van der Waals surface area contributed by atoms with E-state index in [1.807, 2.05) is 14.1 Å². The van der Waals surface area contributed by atoms with Crippen molar-refractivity contribution in [1.82, 2.24) is 4.90 Å². The molecule has 0 aromatic carbocycles. The first-order valence-corrected chi connectivity index (χ1v) is 5.87. The lowest BCUT2D eigenvalue weighted by Crippen LogP contribution is -2.54. The first kappa shape index (κ1) is 12.6. The minimum Gasteiger partial charge on any atom is -0.459 e. The van der Waals surface area contributed by atoms with Gasteiger partial charge in [0, 0.05) is 20.0 Å². The van der Waals surface area contributed by atoms with E-state index in [9.17, 15) is 15.3 Å². The van der Waals surface area contributed by atoms with Crippen LogP contribution in [0.25, 0.3) is 0 Å². The third kappa shape index (κ3) is 2.12. The summed E-state index contributed by atoms with van der Waals surface area (Å²) in [4.78, 5) is 5.99. The molecule has 6 atom stereocenters. The molecule has 0 amide bonds. The Bertz CT molecular complexity index is 319. The van der Waals surface area contributed by atoms with Gasteiger partial charge in [-0.2, -0.15) is 0 Å². The number of amidine groups is 1. The van der Waals surface area contributed by atoms with Gasteiger partial charge < -0.3 is 25.0 Å². The van der Waals surface area contributed by atoms with E-state index >= 15 is 0 Å². The summed E-state index contributed by atoms with van der Waals surface area (Å²) in [5.41, 5.74) is 0. The van der Waals surface area contributed by atoms with E-state index in [1.165, 1.54) is 0 Å². The number of aliphatic imine (C=N–C) groups is 1. The Morgan fingerprint density at radius 3 is 2.53 bits per heavy atom. The van der Waals surface area contributed by atoms with Crippen LogP contribution >= 0.6 is 0 Å². The zero-order valence-corrected chi connectivity index (χ0v) is 10.3. The molecule has 0 aromatic heterocycles. The van der Waals surface area contributed by atoms with Crippen LogP contribution in [0.4, 0.5) is 0 Å². The Morgan fingerprint density at radius 2 is 2.00 bits per heavy atom. The largest absolute Gasteiger partial charge is 0.459 e. The highest BCUT2D eigenvalue weighted by Crippen LogP contribution is 2.34. The molecule has 0 saturated heterocycles. The molecule has 0 radical (unpaired) electrons. The van der Waals surface area contributed by atoms with E-state index in [4.69, 9.17) is 4.74 Å². The van der Waals surface area contributed by atoms with Crippen LogP contribution in [0.15, 0.2) is 4.99 Å². The van der Waals surface area contributed by atoms with Gasteiger partial charge in [-0.25, -0.2) is 4.99 Å². The molecule has 98 valence electrons. The minimum absolute atomic E-state index is 0.259. The van der Waals surface area contributed by atoms with E-state index in [0.29, 0.717) is 12.4 Å². The Balaban J connectivity index is 2.15. The van der Waals surface area contributed by atoms with Crippen molar-refractivity contribution in [2.75, 3.05) is 14.1 Å². The number of aliphatic hydroxyl groups is 3. The van der Waals surface area contributed by atoms with E-state index in [2.05, 4.69) is 4.99 Å². The molecule has 3 N–H and O–H groups in total. The SMILES string of the molecule is CC(O)[C@H]1C[C@@H]2OC(N(C)C)=N[C@@H]2[C@@H](O)[C@@H]1O. The van der Waals surface area contributed by atoms with E-state index in [-0.39, 0.29) is 12.0 Å². The average Bonchev–Trinajstić information content (AvgIpc) is 2.67. The highest BCUT2D eigenvalue weighted by Gasteiger charge is 2.49. The number of nitrogens with zero attached hydrogens (tertiary/aromatic N) is 2. The van der Waals surface area contributed by atoms with E-state index < -0.39 is 24.4 Å². The Morgan fingerprint density at radius 1 is 1.35 bits per heavy atom. The molecule has 2 rings (SSSR count). The number of ether oxygens (including phenoxy) is 1. The number of hydrogen-bond donors (Lipinski definition) is 3. The van der Waals surface area contributed by atoms with Crippen LogP contribution in [0.3, 0.4) is 0 Å². The minimum atomic E-state index is -0.981. The second kappa shape index (κ2) is 4.44. The lowest BCUT2D eigenvalue weighted by atomic mass is 9.77. The molecule has 0 spiro atoms. The number of fused-ring (bicyclic) bond motifs is 1. The molecule has 1 saturated carbocycles. The lowest BCUT2D eigenvalue weighted by molar-refractivity contribution is -0.111. The first-order chi connectivity index (χ1) is 7.91. The summed E-state index contributed by atoms with van der Waals surface area (Å²) in [5, 5.41) is 29.5. The second-order valence-electron chi connectivity index (χ2n) is 5.07. The standard InChI is InChI=1S/C11H20N2O4/c1-5(14)6-4-7-8(10(16)9(6)15)12-11(17-7)13(2)3/h5-10,14-16H,4H2,1-3H3/t5?,6-,7+,8+,9-,10-/m1/s1. The molecule has 1 fully saturated rings. The van der Waals surface area contributed by atoms with Gasteiger partial charge in [0.1, 0.15) is 18.2 Å². The highest BCUT2D eigenvalue weighted by molar-refractivity contribution is 5.75. The molecule has 17 heavy (non-hydrogen) atoms. The third-order valence-corrected chi connectivity index (χ3v) is 3.54. The smallest absolute Gasteiger partial charge is 0.287 e.